The minimum Gasteiger partial charge on any atom is -0.362 e. The third-order valence-electron chi connectivity index (χ3n) is 2.30. The Bertz CT molecular complexity index is 228. The van der Waals surface area contributed by atoms with E-state index in [1.165, 1.54) is 31.0 Å². The Kier molecular flexibility index (Phi) is 5.25. The maximum absolute atomic E-state index is 5.02. The van der Waals surface area contributed by atoms with E-state index in [2.05, 4.69) is 22.5 Å². The van der Waals surface area contributed by atoms with Gasteiger partial charge >= 0.3 is 0 Å². The van der Waals surface area contributed by atoms with Crippen molar-refractivity contribution in [3.63, 3.8) is 0 Å². The first kappa shape index (κ1) is 11.8. The molecular formula is C9H17N3S2. The fourth-order valence-electron chi connectivity index (χ4n) is 1.43. The number of rotatable bonds is 1. The molecule has 1 fully saturated rings. The van der Waals surface area contributed by atoms with Gasteiger partial charge in [0.2, 0.25) is 0 Å². The molecule has 0 spiro atoms. The van der Waals surface area contributed by atoms with E-state index < -0.39 is 0 Å². The molecule has 0 amide bonds. The molecule has 0 aliphatic carbocycles. The molecule has 0 atom stereocenters. The fourth-order valence-corrected chi connectivity index (χ4v) is 1.61. The molecule has 0 unspecified atom stereocenters. The summed E-state index contributed by atoms with van der Waals surface area (Å²) in [4.78, 5) is 2.21. The Labute approximate surface area is 95.3 Å². The number of amidine groups is 1. The number of nitrogens with one attached hydrogen (secondary N) is 1. The van der Waals surface area contributed by atoms with Gasteiger partial charge in [-0.05, 0) is 19.1 Å². The zero-order valence-electron chi connectivity index (χ0n) is 8.75. The van der Waals surface area contributed by atoms with E-state index in [1.54, 1.807) is 0 Å². The summed E-state index contributed by atoms with van der Waals surface area (Å²) >= 11 is 6.54. The first-order valence-electron chi connectivity index (χ1n) is 4.85. The molecule has 14 heavy (non-hydrogen) atoms. The number of nitrogens with zero attached hydrogens (tertiary/aromatic N) is 2. The molecule has 80 valence electrons. The van der Waals surface area contributed by atoms with Crippen LogP contribution in [0.2, 0.25) is 0 Å². The van der Waals surface area contributed by atoms with Crippen LogP contribution in [-0.4, -0.2) is 34.9 Å². The van der Waals surface area contributed by atoms with Gasteiger partial charge in [0, 0.05) is 20.0 Å². The van der Waals surface area contributed by atoms with E-state index >= 15 is 0 Å². The molecule has 1 N–H and O–H groups in total. The topological polar surface area (TPSA) is 27.6 Å². The summed E-state index contributed by atoms with van der Waals surface area (Å²) in [7, 11) is 2.09. The average Bonchev–Trinajstić information content (AvgIpc) is 2.39. The van der Waals surface area contributed by atoms with Crippen molar-refractivity contribution >= 4 is 34.1 Å². The van der Waals surface area contributed by atoms with Crippen LogP contribution in [0, 0.1) is 0 Å². The maximum atomic E-state index is 5.02. The summed E-state index contributed by atoms with van der Waals surface area (Å²) in [5.74, 6) is 1.12. The maximum Gasteiger partial charge on any atom is 0.153 e. The molecule has 0 bridgehead atoms. The van der Waals surface area contributed by atoms with Crippen LogP contribution in [0.5, 0.6) is 0 Å². The van der Waals surface area contributed by atoms with Crippen LogP contribution in [0.4, 0.5) is 0 Å². The summed E-state index contributed by atoms with van der Waals surface area (Å²) in [6.07, 6.45) is 6.81. The van der Waals surface area contributed by atoms with E-state index in [4.69, 9.17) is 12.2 Å². The number of hydrazone groups is 1. The van der Waals surface area contributed by atoms with Gasteiger partial charge in [-0.15, -0.1) is 0 Å². The second-order valence-corrected chi connectivity index (χ2v) is 4.85. The van der Waals surface area contributed by atoms with Crippen molar-refractivity contribution < 1.29 is 0 Å². The molecule has 0 saturated carbocycles. The molecule has 1 rings (SSSR count). The molecular weight excluding hydrogens is 214 g/mol. The smallest absolute Gasteiger partial charge is 0.153 e. The van der Waals surface area contributed by atoms with Crippen LogP contribution >= 0.6 is 24.0 Å². The number of thioether (sulfide) groups is 1. The summed E-state index contributed by atoms with van der Waals surface area (Å²) in [5, 5.41) is 4.33. The van der Waals surface area contributed by atoms with Crippen molar-refractivity contribution in [3.05, 3.63) is 0 Å². The molecule has 1 aliphatic rings. The van der Waals surface area contributed by atoms with Crippen molar-refractivity contribution in [2.24, 2.45) is 5.10 Å². The molecule has 0 radical (unpaired) electrons. The third kappa shape index (κ3) is 3.84. The SMILES string of the molecule is CSC(=S)N/N=C1\CCCCCN1C. The lowest BCUT2D eigenvalue weighted by atomic mass is 10.2. The first-order valence-corrected chi connectivity index (χ1v) is 6.49. The highest BCUT2D eigenvalue weighted by Crippen LogP contribution is 2.10. The predicted molar refractivity (Wildman–Crippen MR) is 67.8 cm³/mol. The van der Waals surface area contributed by atoms with Crippen LogP contribution in [0.3, 0.4) is 0 Å². The number of thiocarbonyl (C=S) groups is 1. The number of likely N-dealkylation sites (tertiary alicyclic amines) is 1. The highest BCUT2D eigenvalue weighted by molar-refractivity contribution is 8.22. The lowest BCUT2D eigenvalue weighted by Crippen LogP contribution is -2.28. The zero-order valence-corrected chi connectivity index (χ0v) is 10.4. The number of hydrogen-bond acceptors (Lipinski definition) is 3. The zero-order chi connectivity index (χ0) is 10.4. The molecule has 1 saturated heterocycles. The van der Waals surface area contributed by atoms with E-state index in [0.29, 0.717) is 0 Å². The van der Waals surface area contributed by atoms with Gasteiger partial charge in [0.05, 0.1) is 0 Å². The van der Waals surface area contributed by atoms with Crippen LogP contribution < -0.4 is 5.43 Å². The Morgan fingerprint density at radius 3 is 3.00 bits per heavy atom. The Morgan fingerprint density at radius 2 is 2.29 bits per heavy atom. The minimum atomic E-state index is 0.732. The van der Waals surface area contributed by atoms with Crippen molar-refractivity contribution in [1.29, 1.82) is 0 Å². The Morgan fingerprint density at radius 1 is 1.50 bits per heavy atom. The molecule has 1 heterocycles. The van der Waals surface area contributed by atoms with E-state index in [-0.39, 0.29) is 0 Å². The summed E-state index contributed by atoms with van der Waals surface area (Å²) in [6.45, 7) is 1.10. The van der Waals surface area contributed by atoms with E-state index in [1.807, 2.05) is 6.26 Å². The van der Waals surface area contributed by atoms with Crippen molar-refractivity contribution in [1.82, 2.24) is 10.3 Å². The standard InChI is InChI=1S/C9H17N3S2/c1-12-7-5-3-4-6-8(12)10-11-9(13)14-2/h3-7H2,1-2H3,(H,11,13)/b10-8+. The Balaban J connectivity index is 2.50. The van der Waals surface area contributed by atoms with Gasteiger partial charge in [-0.1, -0.05) is 30.4 Å². The molecule has 1 aliphatic heterocycles. The molecule has 5 heteroatoms. The van der Waals surface area contributed by atoms with Crippen LogP contribution in [0.25, 0.3) is 0 Å². The van der Waals surface area contributed by atoms with Gasteiger partial charge in [0.1, 0.15) is 5.84 Å². The van der Waals surface area contributed by atoms with Gasteiger partial charge in [0.25, 0.3) is 0 Å². The van der Waals surface area contributed by atoms with Gasteiger partial charge < -0.3 is 4.90 Å². The van der Waals surface area contributed by atoms with Crippen molar-refractivity contribution in [3.8, 4) is 0 Å². The van der Waals surface area contributed by atoms with Crippen molar-refractivity contribution in [2.75, 3.05) is 19.8 Å². The summed E-state index contributed by atoms with van der Waals surface area (Å²) < 4.78 is 0.732. The van der Waals surface area contributed by atoms with E-state index in [0.717, 1.165) is 23.1 Å². The Hall–Kier alpha value is -0.290. The molecule has 3 nitrogen and oxygen atoms in total. The lowest BCUT2D eigenvalue weighted by Gasteiger charge is -2.17. The fraction of sp³-hybridized carbons (Fsp3) is 0.778. The van der Waals surface area contributed by atoms with Gasteiger partial charge in [-0.3, -0.25) is 5.43 Å². The summed E-state index contributed by atoms with van der Waals surface area (Å²) in [6, 6.07) is 0. The normalized spacial score (nSPS) is 20.7. The average molecular weight is 231 g/mol. The van der Waals surface area contributed by atoms with Gasteiger partial charge in [0.15, 0.2) is 4.32 Å². The summed E-state index contributed by atoms with van der Waals surface area (Å²) in [5.41, 5.74) is 2.90. The predicted octanol–water partition coefficient (Wildman–Crippen LogP) is 2.04. The van der Waals surface area contributed by atoms with Gasteiger partial charge in [-0.2, -0.15) is 5.10 Å². The quantitative estimate of drug-likeness (QED) is 0.552. The first-order chi connectivity index (χ1) is 6.74. The third-order valence-corrected chi connectivity index (χ3v) is 3.35. The monoisotopic (exact) mass is 231 g/mol. The number of hydrogen-bond donors (Lipinski definition) is 1. The molecule has 0 aromatic rings. The lowest BCUT2D eigenvalue weighted by molar-refractivity contribution is 0.491. The van der Waals surface area contributed by atoms with Crippen LogP contribution in [0.1, 0.15) is 25.7 Å². The van der Waals surface area contributed by atoms with Crippen LogP contribution in [-0.2, 0) is 0 Å². The van der Waals surface area contributed by atoms with Gasteiger partial charge in [-0.25, -0.2) is 0 Å². The highest BCUT2D eigenvalue weighted by Gasteiger charge is 2.10. The second kappa shape index (κ2) is 6.24. The van der Waals surface area contributed by atoms with Crippen LogP contribution in [0.15, 0.2) is 5.10 Å². The molecule has 0 aromatic heterocycles. The van der Waals surface area contributed by atoms with Crippen molar-refractivity contribution in [2.45, 2.75) is 25.7 Å². The largest absolute Gasteiger partial charge is 0.362 e. The highest BCUT2D eigenvalue weighted by atomic mass is 32.2. The molecule has 0 aromatic carbocycles. The van der Waals surface area contributed by atoms with E-state index in [9.17, 15) is 0 Å². The minimum absolute atomic E-state index is 0.732. The second-order valence-electron chi connectivity index (χ2n) is 3.36.